The molecular formula is C7H10N2+. The third-order valence-corrected chi connectivity index (χ3v) is 1.15. The molecule has 0 unspecified atom stereocenters. The van der Waals surface area contributed by atoms with Crippen molar-refractivity contribution in [3.8, 4) is 0 Å². The van der Waals surface area contributed by atoms with E-state index in [1.54, 1.807) is 6.20 Å². The summed E-state index contributed by atoms with van der Waals surface area (Å²) in [6.45, 7) is 5.45. The Hall–Kier alpha value is -1.05. The van der Waals surface area contributed by atoms with Gasteiger partial charge in [-0.25, -0.2) is 0 Å². The van der Waals surface area contributed by atoms with Crippen LogP contribution in [0.1, 0.15) is 0 Å². The van der Waals surface area contributed by atoms with Crippen molar-refractivity contribution in [3.05, 3.63) is 25.1 Å². The van der Waals surface area contributed by atoms with Crippen molar-refractivity contribution in [2.45, 2.75) is 0 Å². The first-order chi connectivity index (χ1) is 4.43. The molecule has 47 valence electrons. The summed E-state index contributed by atoms with van der Waals surface area (Å²) in [4.78, 5) is 6.05. The quantitative estimate of drug-likeness (QED) is 0.483. The molecule has 0 aromatic rings. The van der Waals surface area contributed by atoms with E-state index in [1.165, 1.54) is 0 Å². The Labute approximate surface area is 55.2 Å². The number of hydrogen-bond donors (Lipinski definition) is 0. The number of hydrogen-bond acceptors (Lipinski definition) is 2. The molecular weight excluding hydrogens is 112 g/mol. The van der Waals surface area contributed by atoms with Gasteiger partial charge in [0.2, 0.25) is 6.21 Å². The van der Waals surface area contributed by atoms with E-state index < -0.39 is 0 Å². The van der Waals surface area contributed by atoms with Crippen LogP contribution in [0.4, 0.5) is 0 Å². The molecule has 1 aliphatic heterocycles. The third-order valence-electron chi connectivity index (χ3n) is 1.15. The molecule has 0 fully saturated rings. The van der Waals surface area contributed by atoms with Crippen LogP contribution in [0.25, 0.3) is 0 Å². The van der Waals surface area contributed by atoms with Crippen LogP contribution < -0.4 is 4.99 Å². The second-order valence-corrected chi connectivity index (χ2v) is 1.87. The van der Waals surface area contributed by atoms with Crippen molar-refractivity contribution in [1.29, 1.82) is 0 Å². The van der Waals surface area contributed by atoms with Gasteiger partial charge in [0.1, 0.15) is 6.54 Å². The van der Waals surface area contributed by atoms with Gasteiger partial charge in [-0.3, -0.25) is 0 Å². The Morgan fingerprint density at radius 2 is 2.67 bits per heavy atom. The molecule has 0 aromatic carbocycles. The van der Waals surface area contributed by atoms with Crippen LogP contribution in [0, 0.1) is 0 Å². The lowest BCUT2D eigenvalue weighted by Crippen LogP contribution is -2.23. The number of aliphatic imine (C=N–C) groups is 1. The average Bonchev–Trinajstić information content (AvgIpc) is 1.91. The minimum atomic E-state index is 0.905. The highest BCUT2D eigenvalue weighted by Crippen LogP contribution is 1.89. The highest BCUT2D eigenvalue weighted by Gasteiger charge is 2.02. The second-order valence-electron chi connectivity index (χ2n) is 1.87. The maximum atomic E-state index is 3.93. The van der Waals surface area contributed by atoms with Crippen molar-refractivity contribution < 1.29 is 0 Å². The van der Waals surface area contributed by atoms with Crippen molar-refractivity contribution in [1.82, 2.24) is 9.89 Å². The lowest BCUT2D eigenvalue weighted by molar-refractivity contribution is 0.471. The van der Waals surface area contributed by atoms with Gasteiger partial charge in [0.15, 0.2) is 0 Å². The van der Waals surface area contributed by atoms with E-state index in [0.29, 0.717) is 0 Å². The van der Waals surface area contributed by atoms with Crippen LogP contribution in [0.5, 0.6) is 0 Å². The first kappa shape index (κ1) is 6.08. The molecule has 1 radical (unpaired) electrons. The normalized spacial score (nSPS) is 16.2. The summed E-state index contributed by atoms with van der Waals surface area (Å²) < 4.78 is 0. The molecule has 1 rings (SSSR count). The van der Waals surface area contributed by atoms with Crippen LogP contribution in [0.3, 0.4) is 0 Å². The van der Waals surface area contributed by atoms with Crippen molar-refractivity contribution in [2.24, 2.45) is 0 Å². The van der Waals surface area contributed by atoms with Gasteiger partial charge in [0.25, 0.3) is 6.20 Å². The summed E-state index contributed by atoms with van der Waals surface area (Å²) in [5, 5.41) is 0. The predicted molar refractivity (Wildman–Crippen MR) is 39.1 cm³/mol. The van der Waals surface area contributed by atoms with Gasteiger partial charge in [-0.15, -0.1) is 6.58 Å². The average molecular weight is 122 g/mol. The van der Waals surface area contributed by atoms with E-state index in [0.717, 1.165) is 13.1 Å². The summed E-state index contributed by atoms with van der Waals surface area (Å²) in [5.41, 5.74) is 0. The fourth-order valence-corrected chi connectivity index (χ4v) is 0.708. The molecule has 1 heterocycles. The predicted octanol–water partition coefficient (Wildman–Crippen LogP) is 0.366. The van der Waals surface area contributed by atoms with E-state index in [9.17, 15) is 0 Å². The minimum Gasteiger partial charge on any atom is -0.359 e. The third kappa shape index (κ3) is 1.72. The lowest BCUT2D eigenvalue weighted by atomic mass is 10.5. The Balaban J connectivity index is 2.36. The van der Waals surface area contributed by atoms with E-state index in [2.05, 4.69) is 16.5 Å². The highest BCUT2D eigenvalue weighted by atomic mass is 15.1. The molecule has 0 atom stereocenters. The first-order valence-electron chi connectivity index (χ1n) is 2.97. The molecule has 0 saturated heterocycles. The van der Waals surface area contributed by atoms with Crippen molar-refractivity contribution in [2.75, 3.05) is 13.1 Å². The molecule has 0 spiro atoms. The van der Waals surface area contributed by atoms with E-state index in [1.807, 2.05) is 18.5 Å². The van der Waals surface area contributed by atoms with Crippen molar-refractivity contribution in [3.63, 3.8) is 0 Å². The fraction of sp³-hybridized carbons (Fsp3) is 0.286. The highest BCUT2D eigenvalue weighted by molar-refractivity contribution is 5.60. The molecule has 0 N–H and O–H groups in total. The maximum absolute atomic E-state index is 3.93. The van der Waals surface area contributed by atoms with Gasteiger partial charge >= 0.3 is 0 Å². The standard InChI is InChI=1S/C7H10N2/c1-2-5-9-6-3-8-4-7-9/h2-4,6H,1,5,7H2/q+1. The van der Waals surface area contributed by atoms with Crippen LogP contribution in [0.15, 0.2) is 25.1 Å². The minimum absolute atomic E-state index is 0.905. The SMILES string of the molecule is C=CCN1C=C[N+]=CC1. The number of rotatable bonds is 2. The molecule has 0 saturated carbocycles. The summed E-state index contributed by atoms with van der Waals surface area (Å²) in [5.74, 6) is 0. The van der Waals surface area contributed by atoms with Crippen molar-refractivity contribution >= 4 is 6.21 Å². The molecule has 1 aliphatic rings. The molecule has 2 heteroatoms. The fourth-order valence-electron chi connectivity index (χ4n) is 0.708. The van der Waals surface area contributed by atoms with Gasteiger partial charge < -0.3 is 4.90 Å². The molecule has 9 heavy (non-hydrogen) atoms. The topological polar surface area (TPSA) is 17.3 Å². The van der Waals surface area contributed by atoms with Gasteiger partial charge in [-0.05, 0) is 0 Å². The van der Waals surface area contributed by atoms with E-state index >= 15 is 0 Å². The monoisotopic (exact) mass is 122 g/mol. The maximum Gasteiger partial charge on any atom is 0.257 e. The molecule has 0 amide bonds. The van der Waals surface area contributed by atoms with Gasteiger partial charge in [-0.1, -0.05) is 6.08 Å². The Kier molecular flexibility index (Phi) is 2.07. The zero-order valence-electron chi connectivity index (χ0n) is 5.33. The van der Waals surface area contributed by atoms with Gasteiger partial charge in [-0.2, -0.15) is 0 Å². The Morgan fingerprint density at radius 1 is 1.78 bits per heavy atom. The van der Waals surface area contributed by atoms with E-state index in [-0.39, 0.29) is 0 Å². The summed E-state index contributed by atoms with van der Waals surface area (Å²) in [6, 6.07) is 0. The Bertz CT molecular complexity index is 145. The summed E-state index contributed by atoms with van der Waals surface area (Å²) in [6.07, 6.45) is 7.50. The van der Waals surface area contributed by atoms with E-state index in [4.69, 9.17) is 0 Å². The first-order valence-corrected chi connectivity index (χ1v) is 2.97. The van der Waals surface area contributed by atoms with Crippen LogP contribution in [-0.2, 0) is 0 Å². The van der Waals surface area contributed by atoms with Crippen LogP contribution in [0.2, 0.25) is 0 Å². The summed E-state index contributed by atoms with van der Waals surface area (Å²) in [7, 11) is 0. The second kappa shape index (κ2) is 3.07. The molecule has 0 aliphatic carbocycles. The van der Waals surface area contributed by atoms with Gasteiger partial charge in [0, 0.05) is 6.54 Å². The summed E-state index contributed by atoms with van der Waals surface area (Å²) >= 11 is 0. The molecule has 2 nitrogen and oxygen atoms in total. The smallest absolute Gasteiger partial charge is 0.257 e. The lowest BCUT2D eigenvalue weighted by Gasteiger charge is -2.12. The largest absolute Gasteiger partial charge is 0.359 e. The number of nitrogens with zero attached hydrogens (tertiary/aromatic N) is 2. The Morgan fingerprint density at radius 3 is 3.22 bits per heavy atom. The van der Waals surface area contributed by atoms with Gasteiger partial charge in [0.05, 0.1) is 11.2 Å². The molecule has 0 bridgehead atoms. The van der Waals surface area contributed by atoms with Crippen LogP contribution >= 0.6 is 0 Å². The zero-order valence-corrected chi connectivity index (χ0v) is 5.33. The van der Waals surface area contributed by atoms with Crippen LogP contribution in [-0.4, -0.2) is 24.2 Å². The zero-order chi connectivity index (χ0) is 6.53. The molecule has 0 aromatic heterocycles.